The molecular weight excluding hydrogens is 435 g/mol. The average molecular weight is 476 g/mol. The Kier molecular flexibility index (Phi) is 10.7. The first kappa shape index (κ1) is 25.4. The fourth-order valence-corrected chi connectivity index (χ4v) is 5.45. The molecular formula is C29H40Cl2O. The quantitative estimate of drug-likeness (QED) is 0.278. The van der Waals surface area contributed by atoms with Crippen LogP contribution in [0.2, 0.25) is 10.0 Å². The molecule has 0 amide bonds. The summed E-state index contributed by atoms with van der Waals surface area (Å²) in [7, 11) is 0. The van der Waals surface area contributed by atoms with Crippen molar-refractivity contribution in [3.05, 3.63) is 63.1 Å². The first-order chi connectivity index (χ1) is 15.6. The van der Waals surface area contributed by atoms with Gasteiger partial charge in [-0.2, -0.15) is 0 Å². The summed E-state index contributed by atoms with van der Waals surface area (Å²) in [6.07, 6.45) is 15.0. The maximum Gasteiger partial charge on any atom is 0.137 e. The first-order valence-corrected chi connectivity index (χ1v) is 13.6. The van der Waals surface area contributed by atoms with E-state index in [1.54, 1.807) is 0 Å². The molecule has 176 valence electrons. The average Bonchev–Trinajstić information content (AvgIpc) is 2.80. The summed E-state index contributed by atoms with van der Waals surface area (Å²) in [6, 6.07) is 12.9. The first-order valence-electron chi connectivity index (χ1n) is 12.8. The molecule has 1 saturated carbocycles. The van der Waals surface area contributed by atoms with Crippen molar-refractivity contribution >= 4 is 23.2 Å². The van der Waals surface area contributed by atoms with Crippen LogP contribution in [0.3, 0.4) is 0 Å². The largest absolute Gasteiger partial charge is 0.492 e. The molecule has 3 rings (SSSR count). The monoisotopic (exact) mass is 474 g/mol. The molecule has 0 heterocycles. The number of ether oxygens (including phenoxy) is 1. The van der Waals surface area contributed by atoms with Gasteiger partial charge in [-0.25, -0.2) is 0 Å². The molecule has 0 unspecified atom stereocenters. The highest BCUT2D eigenvalue weighted by molar-refractivity contribution is 6.32. The van der Waals surface area contributed by atoms with E-state index in [-0.39, 0.29) is 0 Å². The van der Waals surface area contributed by atoms with Crippen LogP contribution in [0.15, 0.2) is 36.4 Å². The molecule has 32 heavy (non-hydrogen) atoms. The van der Waals surface area contributed by atoms with E-state index in [2.05, 4.69) is 38.1 Å². The van der Waals surface area contributed by atoms with E-state index in [1.807, 2.05) is 12.1 Å². The molecule has 0 spiro atoms. The summed E-state index contributed by atoms with van der Waals surface area (Å²) in [6.45, 7) is 5.17. The van der Waals surface area contributed by atoms with Gasteiger partial charge in [-0.15, -0.1) is 0 Å². The summed E-state index contributed by atoms with van der Waals surface area (Å²) in [5, 5.41) is 1.61. The van der Waals surface area contributed by atoms with E-state index in [1.165, 1.54) is 68.1 Å². The zero-order valence-corrected chi connectivity index (χ0v) is 21.5. The molecule has 0 N–H and O–H groups in total. The second kappa shape index (κ2) is 13.5. The number of aryl methyl sites for hydroxylation is 2. The Hall–Kier alpha value is -1.18. The Morgan fingerprint density at radius 2 is 1.59 bits per heavy atom. The molecule has 1 nitrogen and oxygen atoms in total. The van der Waals surface area contributed by atoms with Gasteiger partial charge < -0.3 is 4.74 Å². The van der Waals surface area contributed by atoms with Crippen molar-refractivity contribution in [1.82, 2.24) is 0 Å². The molecule has 1 aliphatic rings. The topological polar surface area (TPSA) is 9.23 Å². The lowest BCUT2D eigenvalue weighted by molar-refractivity contribution is 0.303. The lowest BCUT2D eigenvalue weighted by Gasteiger charge is -2.29. The lowest BCUT2D eigenvalue weighted by Crippen LogP contribution is -2.13. The third-order valence-corrected chi connectivity index (χ3v) is 7.69. The molecule has 1 fully saturated rings. The molecule has 2 aromatic rings. The predicted molar refractivity (Wildman–Crippen MR) is 140 cm³/mol. The molecule has 0 radical (unpaired) electrons. The molecule has 3 heteroatoms. The van der Waals surface area contributed by atoms with Crippen molar-refractivity contribution in [2.45, 2.75) is 96.8 Å². The van der Waals surface area contributed by atoms with Gasteiger partial charge in [-0.3, -0.25) is 0 Å². The zero-order valence-electron chi connectivity index (χ0n) is 20.0. The van der Waals surface area contributed by atoms with Crippen LogP contribution < -0.4 is 4.74 Å². The van der Waals surface area contributed by atoms with Crippen LogP contribution in [-0.2, 0) is 12.8 Å². The van der Waals surface area contributed by atoms with Crippen LogP contribution in [0.1, 0.15) is 101 Å². The van der Waals surface area contributed by atoms with Crippen molar-refractivity contribution < 1.29 is 4.74 Å². The summed E-state index contributed by atoms with van der Waals surface area (Å²) in [5.74, 6) is 2.41. The Bertz CT molecular complexity index is 824. The van der Waals surface area contributed by atoms with Crippen molar-refractivity contribution in [2.75, 3.05) is 6.61 Å². The SMILES string of the molecule is CCCCC[C@H]1CC[C@H](c2ccc(CCc3ccc(OCCCC)c(Cl)c3)c(Cl)c2)CC1. The van der Waals surface area contributed by atoms with Gasteiger partial charge in [0, 0.05) is 5.02 Å². The Labute approximate surface area is 205 Å². The minimum absolute atomic E-state index is 0.683. The Morgan fingerprint density at radius 1 is 0.812 bits per heavy atom. The maximum absolute atomic E-state index is 6.71. The molecule has 0 saturated heterocycles. The van der Waals surface area contributed by atoms with E-state index in [0.29, 0.717) is 10.9 Å². The Morgan fingerprint density at radius 3 is 2.28 bits per heavy atom. The number of hydrogen-bond acceptors (Lipinski definition) is 1. The summed E-state index contributed by atoms with van der Waals surface area (Å²) in [5.41, 5.74) is 3.88. The number of rotatable bonds is 12. The third-order valence-electron chi connectivity index (χ3n) is 7.05. The molecule has 0 atom stereocenters. The molecule has 1 aliphatic carbocycles. The van der Waals surface area contributed by atoms with E-state index < -0.39 is 0 Å². The number of unbranched alkanes of at least 4 members (excludes halogenated alkanes) is 3. The smallest absolute Gasteiger partial charge is 0.137 e. The highest BCUT2D eigenvalue weighted by Gasteiger charge is 2.22. The van der Waals surface area contributed by atoms with E-state index in [4.69, 9.17) is 27.9 Å². The van der Waals surface area contributed by atoms with Crippen molar-refractivity contribution in [2.24, 2.45) is 5.92 Å². The molecule has 0 bridgehead atoms. The summed E-state index contributed by atoms with van der Waals surface area (Å²) >= 11 is 13.1. The fourth-order valence-electron chi connectivity index (χ4n) is 4.91. The van der Waals surface area contributed by atoms with Gasteiger partial charge in [0.2, 0.25) is 0 Å². The lowest BCUT2D eigenvalue weighted by atomic mass is 9.77. The second-order valence-electron chi connectivity index (χ2n) is 9.53. The van der Waals surface area contributed by atoms with E-state index in [9.17, 15) is 0 Å². The van der Waals surface area contributed by atoms with Crippen LogP contribution in [0.5, 0.6) is 5.75 Å². The maximum atomic E-state index is 6.71. The van der Waals surface area contributed by atoms with Crippen LogP contribution in [-0.4, -0.2) is 6.61 Å². The second-order valence-corrected chi connectivity index (χ2v) is 10.3. The minimum Gasteiger partial charge on any atom is -0.492 e. The van der Waals surface area contributed by atoms with Crippen molar-refractivity contribution in [3.63, 3.8) is 0 Å². The van der Waals surface area contributed by atoms with Gasteiger partial charge in [0.15, 0.2) is 0 Å². The molecule has 0 aliphatic heterocycles. The van der Waals surface area contributed by atoms with E-state index in [0.717, 1.165) is 49.0 Å². The normalized spacial score (nSPS) is 18.6. The zero-order chi connectivity index (χ0) is 22.8. The third kappa shape index (κ3) is 7.70. The Balaban J connectivity index is 1.50. The van der Waals surface area contributed by atoms with E-state index >= 15 is 0 Å². The van der Waals surface area contributed by atoms with Gasteiger partial charge in [0.25, 0.3) is 0 Å². The molecule has 0 aromatic heterocycles. The summed E-state index contributed by atoms with van der Waals surface area (Å²) in [4.78, 5) is 0. The highest BCUT2D eigenvalue weighted by Crippen LogP contribution is 2.39. The highest BCUT2D eigenvalue weighted by atomic mass is 35.5. The van der Waals surface area contributed by atoms with Gasteiger partial charge in [0.05, 0.1) is 11.6 Å². The van der Waals surface area contributed by atoms with Crippen LogP contribution >= 0.6 is 23.2 Å². The number of hydrogen-bond donors (Lipinski definition) is 0. The van der Waals surface area contributed by atoms with Crippen LogP contribution in [0.25, 0.3) is 0 Å². The predicted octanol–water partition coefficient (Wildman–Crippen LogP) is 9.81. The number of halogens is 2. The standard InChI is InChI=1S/C29H40Cl2O/c1-3-5-7-8-22-9-13-24(14-10-22)26-17-16-25(27(30)21-26)15-11-23-12-18-29(28(31)20-23)32-19-6-4-2/h12,16-18,20-22,24H,3-11,13-15,19H2,1-2H3/t22-,24-. The van der Waals surface area contributed by atoms with Crippen LogP contribution in [0, 0.1) is 5.92 Å². The van der Waals surface area contributed by atoms with Crippen LogP contribution in [0.4, 0.5) is 0 Å². The van der Waals surface area contributed by atoms with Gasteiger partial charge in [-0.1, -0.05) is 87.4 Å². The van der Waals surface area contributed by atoms with Gasteiger partial charge in [-0.05, 0) is 91.7 Å². The fraction of sp³-hybridized carbons (Fsp3) is 0.586. The molecule has 2 aromatic carbocycles. The van der Waals surface area contributed by atoms with Crippen molar-refractivity contribution in [1.29, 1.82) is 0 Å². The number of benzene rings is 2. The summed E-state index contributed by atoms with van der Waals surface area (Å²) < 4.78 is 5.76. The van der Waals surface area contributed by atoms with Gasteiger partial charge in [0.1, 0.15) is 5.75 Å². The van der Waals surface area contributed by atoms with Crippen molar-refractivity contribution in [3.8, 4) is 5.75 Å². The minimum atomic E-state index is 0.683. The van der Waals surface area contributed by atoms with Gasteiger partial charge >= 0.3 is 0 Å².